The molecule has 10 nitrogen and oxygen atoms in total. The standard InChI is InChI=1S/C24H33N5O5/c1-24(2,3)34-23(33)28-20(6-4-5-11-27-22(31)32)21(30)29(16-18-7-12-25-13-8-18)17-19-9-14-26-15-10-19/h7-10,12-15,20,27H,4-6,11,16-17H2,1-3H3,(H,28,33)(H,31,32)/t20-/m0/s1. The van der Waals surface area contributed by atoms with Gasteiger partial charge in [-0.15, -0.1) is 0 Å². The molecule has 0 bridgehead atoms. The number of pyridine rings is 2. The number of carboxylic acid groups (broad SMARTS) is 1. The number of carbonyl (C=O) groups excluding carboxylic acids is 2. The van der Waals surface area contributed by atoms with Gasteiger partial charge in [0.1, 0.15) is 11.6 Å². The second kappa shape index (κ2) is 13.1. The lowest BCUT2D eigenvalue weighted by molar-refractivity contribution is -0.135. The van der Waals surface area contributed by atoms with Gasteiger partial charge in [-0.2, -0.15) is 0 Å². The fraction of sp³-hybridized carbons (Fsp3) is 0.458. The molecule has 3 amide bonds. The molecule has 2 heterocycles. The Morgan fingerprint density at radius 1 is 0.971 bits per heavy atom. The third-order valence-electron chi connectivity index (χ3n) is 4.74. The number of amides is 3. The van der Waals surface area contributed by atoms with Gasteiger partial charge in [0, 0.05) is 44.4 Å². The van der Waals surface area contributed by atoms with Crippen molar-refractivity contribution < 1.29 is 24.2 Å². The molecule has 0 fully saturated rings. The van der Waals surface area contributed by atoms with Crippen LogP contribution in [0.15, 0.2) is 49.1 Å². The summed E-state index contributed by atoms with van der Waals surface area (Å²) in [5.41, 5.74) is 1.09. The third kappa shape index (κ3) is 10.3. The van der Waals surface area contributed by atoms with Crippen LogP contribution >= 0.6 is 0 Å². The van der Waals surface area contributed by atoms with Crippen LogP contribution in [0.1, 0.15) is 51.2 Å². The van der Waals surface area contributed by atoms with Crippen LogP contribution < -0.4 is 10.6 Å². The monoisotopic (exact) mass is 471 g/mol. The molecule has 184 valence electrons. The van der Waals surface area contributed by atoms with Gasteiger partial charge in [-0.25, -0.2) is 9.59 Å². The molecule has 34 heavy (non-hydrogen) atoms. The minimum absolute atomic E-state index is 0.259. The van der Waals surface area contributed by atoms with Crippen LogP contribution in [0.5, 0.6) is 0 Å². The Morgan fingerprint density at radius 2 is 1.50 bits per heavy atom. The normalized spacial score (nSPS) is 11.9. The SMILES string of the molecule is CC(C)(C)OC(=O)N[C@@H](CCCCNC(=O)O)C(=O)N(Cc1ccncc1)Cc1ccncc1. The molecule has 0 unspecified atom stereocenters. The highest BCUT2D eigenvalue weighted by atomic mass is 16.6. The summed E-state index contributed by atoms with van der Waals surface area (Å²) in [6.07, 6.45) is 6.27. The Kier molecular flexibility index (Phi) is 10.3. The molecule has 0 aliphatic rings. The summed E-state index contributed by atoms with van der Waals surface area (Å²) in [6.45, 7) is 6.17. The third-order valence-corrected chi connectivity index (χ3v) is 4.74. The van der Waals surface area contributed by atoms with E-state index in [-0.39, 0.29) is 12.5 Å². The lowest BCUT2D eigenvalue weighted by Crippen LogP contribution is -2.49. The molecule has 2 aromatic rings. The number of hydrogen-bond donors (Lipinski definition) is 3. The van der Waals surface area contributed by atoms with Gasteiger partial charge < -0.3 is 25.4 Å². The van der Waals surface area contributed by atoms with Crippen LogP contribution in [-0.4, -0.2) is 56.3 Å². The van der Waals surface area contributed by atoms with Gasteiger partial charge in [0.15, 0.2) is 0 Å². The summed E-state index contributed by atoms with van der Waals surface area (Å²) in [5, 5.41) is 13.8. The number of unbranched alkanes of at least 4 members (excludes halogenated alkanes) is 1. The second-order valence-corrected chi connectivity index (χ2v) is 8.83. The number of rotatable bonds is 11. The zero-order valence-corrected chi connectivity index (χ0v) is 19.9. The van der Waals surface area contributed by atoms with E-state index < -0.39 is 23.8 Å². The highest BCUT2D eigenvalue weighted by Gasteiger charge is 2.28. The highest BCUT2D eigenvalue weighted by molar-refractivity contribution is 5.85. The summed E-state index contributed by atoms with van der Waals surface area (Å²) in [5.74, 6) is -0.259. The van der Waals surface area contributed by atoms with Crippen molar-refractivity contribution in [3.8, 4) is 0 Å². The van der Waals surface area contributed by atoms with Crippen molar-refractivity contribution in [1.82, 2.24) is 25.5 Å². The number of nitrogens with one attached hydrogen (secondary N) is 2. The Labute approximate surface area is 199 Å². The molecule has 0 radical (unpaired) electrons. The van der Waals surface area contributed by atoms with Crippen molar-refractivity contribution in [1.29, 1.82) is 0 Å². The molecule has 0 aromatic carbocycles. The van der Waals surface area contributed by atoms with E-state index in [1.54, 1.807) is 50.5 Å². The highest BCUT2D eigenvalue weighted by Crippen LogP contribution is 2.15. The van der Waals surface area contributed by atoms with Crippen LogP contribution in [0.25, 0.3) is 0 Å². The van der Waals surface area contributed by atoms with E-state index in [1.165, 1.54) is 0 Å². The minimum atomic E-state index is -1.10. The first-order valence-corrected chi connectivity index (χ1v) is 11.2. The number of nitrogens with zero attached hydrogens (tertiary/aromatic N) is 3. The number of aromatic nitrogens is 2. The zero-order valence-electron chi connectivity index (χ0n) is 19.9. The molecular formula is C24H33N5O5. The van der Waals surface area contributed by atoms with E-state index in [1.807, 2.05) is 24.3 Å². The molecule has 2 aromatic heterocycles. The van der Waals surface area contributed by atoms with Crippen molar-refractivity contribution in [3.05, 3.63) is 60.2 Å². The summed E-state index contributed by atoms with van der Waals surface area (Å²) in [7, 11) is 0. The van der Waals surface area contributed by atoms with Crippen molar-refractivity contribution in [2.24, 2.45) is 0 Å². The van der Waals surface area contributed by atoms with E-state index >= 15 is 0 Å². The van der Waals surface area contributed by atoms with Gasteiger partial charge in [-0.1, -0.05) is 0 Å². The van der Waals surface area contributed by atoms with Crippen LogP contribution in [-0.2, 0) is 22.6 Å². The molecule has 0 saturated carbocycles. The molecule has 0 spiro atoms. The fourth-order valence-electron chi connectivity index (χ4n) is 3.23. The van der Waals surface area contributed by atoms with E-state index in [0.717, 1.165) is 11.1 Å². The van der Waals surface area contributed by atoms with Crippen molar-refractivity contribution in [3.63, 3.8) is 0 Å². The summed E-state index contributed by atoms with van der Waals surface area (Å²) >= 11 is 0. The molecule has 2 rings (SSSR count). The van der Waals surface area contributed by atoms with Crippen LogP contribution in [0.3, 0.4) is 0 Å². The fourth-order valence-corrected chi connectivity index (χ4v) is 3.23. The number of hydrogen-bond acceptors (Lipinski definition) is 6. The minimum Gasteiger partial charge on any atom is -0.465 e. The van der Waals surface area contributed by atoms with Crippen LogP contribution in [0.4, 0.5) is 9.59 Å². The lowest BCUT2D eigenvalue weighted by Gasteiger charge is -2.29. The van der Waals surface area contributed by atoms with Gasteiger partial charge in [0.05, 0.1) is 0 Å². The average Bonchev–Trinajstić information content (AvgIpc) is 2.77. The summed E-state index contributed by atoms with van der Waals surface area (Å²) in [4.78, 5) is 46.5. The topological polar surface area (TPSA) is 134 Å². The molecular weight excluding hydrogens is 438 g/mol. The maximum atomic E-state index is 13.6. The first kappa shape index (κ1) is 26.6. The molecule has 0 aliphatic carbocycles. The average molecular weight is 472 g/mol. The van der Waals surface area contributed by atoms with Crippen LogP contribution in [0, 0.1) is 0 Å². The predicted molar refractivity (Wildman–Crippen MR) is 126 cm³/mol. The maximum absolute atomic E-state index is 13.6. The van der Waals surface area contributed by atoms with E-state index in [9.17, 15) is 14.4 Å². The van der Waals surface area contributed by atoms with Crippen LogP contribution in [0.2, 0.25) is 0 Å². The van der Waals surface area contributed by atoms with Gasteiger partial charge >= 0.3 is 12.2 Å². The Morgan fingerprint density at radius 3 is 1.97 bits per heavy atom. The number of carbonyl (C=O) groups is 3. The molecule has 0 aliphatic heterocycles. The number of ether oxygens (including phenoxy) is 1. The molecule has 10 heteroatoms. The van der Waals surface area contributed by atoms with Crippen molar-refractivity contribution in [2.75, 3.05) is 6.54 Å². The van der Waals surface area contributed by atoms with Gasteiger partial charge in [-0.05, 0) is 75.4 Å². The quantitative estimate of drug-likeness (QED) is 0.428. The Bertz CT molecular complexity index is 877. The molecule has 1 atom stereocenters. The molecule has 0 saturated heterocycles. The Hall–Kier alpha value is -3.69. The Balaban J connectivity index is 2.19. The first-order valence-electron chi connectivity index (χ1n) is 11.2. The lowest BCUT2D eigenvalue weighted by atomic mass is 10.1. The smallest absolute Gasteiger partial charge is 0.408 e. The largest absolute Gasteiger partial charge is 0.465 e. The molecule has 3 N–H and O–H groups in total. The van der Waals surface area contributed by atoms with E-state index in [2.05, 4.69) is 20.6 Å². The summed E-state index contributed by atoms with van der Waals surface area (Å²) < 4.78 is 5.37. The van der Waals surface area contributed by atoms with Gasteiger partial charge in [0.25, 0.3) is 0 Å². The van der Waals surface area contributed by atoms with Gasteiger partial charge in [-0.3, -0.25) is 14.8 Å². The van der Waals surface area contributed by atoms with Gasteiger partial charge in [0.2, 0.25) is 5.91 Å². The second-order valence-electron chi connectivity index (χ2n) is 8.83. The zero-order chi connectivity index (χ0) is 25.0. The first-order chi connectivity index (χ1) is 16.1. The predicted octanol–water partition coefficient (Wildman–Crippen LogP) is 3.34. The summed E-state index contributed by atoms with van der Waals surface area (Å²) in [6, 6.07) is 6.51. The van der Waals surface area contributed by atoms with E-state index in [4.69, 9.17) is 9.84 Å². The van der Waals surface area contributed by atoms with Crippen molar-refractivity contribution in [2.45, 2.75) is 64.8 Å². The maximum Gasteiger partial charge on any atom is 0.408 e. The van der Waals surface area contributed by atoms with Crippen molar-refractivity contribution >= 4 is 18.1 Å². The number of alkyl carbamates (subject to hydrolysis) is 1. The van der Waals surface area contributed by atoms with E-state index in [0.29, 0.717) is 32.4 Å².